The second-order valence-electron chi connectivity index (χ2n) is 7.64. The molecule has 132 valence electrons. The first kappa shape index (κ1) is 17.2. The quantitative estimate of drug-likeness (QED) is 0.787. The Balaban J connectivity index is 1.42. The number of hydrogen-bond acceptors (Lipinski definition) is 4. The number of rotatable bonds is 4. The van der Waals surface area contributed by atoms with Crippen molar-refractivity contribution in [1.29, 1.82) is 0 Å². The molecule has 0 N–H and O–H groups in total. The molecule has 3 fully saturated rings. The summed E-state index contributed by atoms with van der Waals surface area (Å²) in [5, 5.41) is 0. The van der Waals surface area contributed by atoms with Crippen molar-refractivity contribution in [3.63, 3.8) is 0 Å². The molecule has 5 heteroatoms. The van der Waals surface area contributed by atoms with E-state index in [1.54, 1.807) is 0 Å². The van der Waals surface area contributed by atoms with Gasteiger partial charge < -0.3 is 9.64 Å². The van der Waals surface area contributed by atoms with E-state index in [4.69, 9.17) is 4.74 Å². The lowest BCUT2D eigenvalue weighted by molar-refractivity contribution is -0.139. The van der Waals surface area contributed by atoms with Crippen molar-refractivity contribution in [3.05, 3.63) is 0 Å². The summed E-state index contributed by atoms with van der Waals surface area (Å²) in [6.07, 6.45) is 6.44. The summed E-state index contributed by atoms with van der Waals surface area (Å²) in [6.45, 7) is 11.2. The lowest BCUT2D eigenvalue weighted by atomic mass is 9.97. The van der Waals surface area contributed by atoms with Crippen molar-refractivity contribution in [2.75, 3.05) is 45.9 Å². The van der Waals surface area contributed by atoms with E-state index >= 15 is 0 Å². The zero-order valence-corrected chi connectivity index (χ0v) is 14.9. The first-order valence-corrected chi connectivity index (χ1v) is 9.51. The average Bonchev–Trinajstić information content (AvgIpc) is 3.02. The molecule has 3 rings (SSSR count). The van der Waals surface area contributed by atoms with Gasteiger partial charge in [0, 0.05) is 51.4 Å². The van der Waals surface area contributed by atoms with Crippen LogP contribution in [-0.2, 0) is 9.53 Å². The van der Waals surface area contributed by atoms with Crippen molar-refractivity contribution in [3.8, 4) is 0 Å². The molecule has 3 heterocycles. The minimum Gasteiger partial charge on any atom is -0.377 e. The van der Waals surface area contributed by atoms with E-state index in [0.29, 0.717) is 30.6 Å². The van der Waals surface area contributed by atoms with Crippen LogP contribution >= 0.6 is 0 Å². The summed E-state index contributed by atoms with van der Waals surface area (Å²) in [5.74, 6) is 0.331. The molecule has 0 aromatic heterocycles. The number of hydrogen-bond donors (Lipinski definition) is 0. The third kappa shape index (κ3) is 4.46. The van der Waals surface area contributed by atoms with E-state index in [1.807, 2.05) is 0 Å². The van der Waals surface area contributed by atoms with Gasteiger partial charge in [0.05, 0.1) is 12.6 Å². The Labute approximate surface area is 140 Å². The molecule has 0 spiro atoms. The van der Waals surface area contributed by atoms with Crippen molar-refractivity contribution < 1.29 is 9.53 Å². The Morgan fingerprint density at radius 3 is 2.22 bits per heavy atom. The Hall–Kier alpha value is -0.650. The minimum atomic E-state index is 0.331. The lowest BCUT2D eigenvalue weighted by Crippen LogP contribution is -2.54. The summed E-state index contributed by atoms with van der Waals surface area (Å²) in [7, 11) is 0. The van der Waals surface area contributed by atoms with E-state index in [9.17, 15) is 4.79 Å². The fourth-order valence-corrected chi connectivity index (χ4v) is 4.39. The lowest BCUT2D eigenvalue weighted by Gasteiger charge is -2.41. The van der Waals surface area contributed by atoms with Crippen LogP contribution in [0.25, 0.3) is 0 Å². The van der Waals surface area contributed by atoms with Crippen LogP contribution in [-0.4, -0.2) is 84.7 Å². The van der Waals surface area contributed by atoms with Gasteiger partial charge >= 0.3 is 0 Å². The number of amides is 1. The number of likely N-dealkylation sites (tertiary alicyclic amines) is 1. The van der Waals surface area contributed by atoms with E-state index in [1.165, 1.54) is 19.3 Å². The number of piperidine rings is 1. The van der Waals surface area contributed by atoms with E-state index in [0.717, 1.165) is 52.2 Å². The second kappa shape index (κ2) is 7.95. The van der Waals surface area contributed by atoms with Gasteiger partial charge in [-0.3, -0.25) is 14.6 Å². The van der Waals surface area contributed by atoms with Crippen LogP contribution in [0.2, 0.25) is 0 Å². The van der Waals surface area contributed by atoms with Gasteiger partial charge in [-0.1, -0.05) is 0 Å². The highest BCUT2D eigenvalue weighted by atomic mass is 16.5. The summed E-state index contributed by atoms with van der Waals surface area (Å²) in [6, 6.07) is 0.819. The van der Waals surface area contributed by atoms with Gasteiger partial charge in [0.2, 0.25) is 5.91 Å². The van der Waals surface area contributed by atoms with Gasteiger partial charge in [0.15, 0.2) is 0 Å². The predicted octanol–water partition coefficient (Wildman–Crippen LogP) is 1.57. The molecule has 0 aromatic rings. The minimum absolute atomic E-state index is 0.331. The maximum absolute atomic E-state index is 12.7. The zero-order valence-electron chi connectivity index (χ0n) is 14.9. The highest BCUT2D eigenvalue weighted by Crippen LogP contribution is 2.23. The van der Waals surface area contributed by atoms with Crippen LogP contribution in [0, 0.1) is 0 Å². The third-order valence-corrected chi connectivity index (χ3v) is 5.79. The Bertz CT molecular complexity index is 380. The smallest absolute Gasteiger partial charge is 0.237 e. The van der Waals surface area contributed by atoms with Crippen LogP contribution in [0.5, 0.6) is 0 Å². The first-order valence-electron chi connectivity index (χ1n) is 9.51. The topological polar surface area (TPSA) is 36.0 Å². The van der Waals surface area contributed by atoms with Crippen LogP contribution in [0.4, 0.5) is 0 Å². The molecular formula is C18H33N3O2. The molecule has 3 atom stereocenters. The van der Waals surface area contributed by atoms with Crippen molar-refractivity contribution >= 4 is 5.91 Å². The van der Waals surface area contributed by atoms with E-state index in [2.05, 4.69) is 28.5 Å². The number of carbonyl (C=O) groups excluding carboxylic acids is 1. The van der Waals surface area contributed by atoms with Gasteiger partial charge in [0.1, 0.15) is 0 Å². The van der Waals surface area contributed by atoms with Crippen LogP contribution in [0.3, 0.4) is 0 Å². The molecule has 3 aliphatic rings. The molecule has 3 saturated heterocycles. The summed E-state index contributed by atoms with van der Waals surface area (Å²) < 4.78 is 5.73. The maximum Gasteiger partial charge on any atom is 0.237 e. The monoisotopic (exact) mass is 323 g/mol. The number of carbonyl (C=O) groups is 1. The highest BCUT2D eigenvalue weighted by molar-refractivity contribution is 5.79. The number of ether oxygens (including phenoxy) is 1. The number of nitrogens with zero attached hydrogens (tertiary/aromatic N) is 3. The number of piperazine rings is 1. The van der Waals surface area contributed by atoms with Crippen molar-refractivity contribution in [2.45, 2.75) is 64.1 Å². The average molecular weight is 323 g/mol. The molecule has 0 aliphatic carbocycles. The van der Waals surface area contributed by atoms with Gasteiger partial charge in [-0.15, -0.1) is 0 Å². The summed E-state index contributed by atoms with van der Waals surface area (Å²) in [5.41, 5.74) is 0. The molecule has 5 nitrogen and oxygen atoms in total. The highest BCUT2D eigenvalue weighted by Gasteiger charge is 2.30. The Morgan fingerprint density at radius 1 is 0.957 bits per heavy atom. The summed E-state index contributed by atoms with van der Waals surface area (Å²) in [4.78, 5) is 19.7. The second-order valence-corrected chi connectivity index (χ2v) is 7.64. The summed E-state index contributed by atoms with van der Waals surface area (Å²) >= 11 is 0. The Kier molecular flexibility index (Phi) is 5.94. The molecule has 3 aliphatic heterocycles. The molecule has 3 unspecified atom stereocenters. The Morgan fingerprint density at radius 2 is 1.61 bits per heavy atom. The van der Waals surface area contributed by atoms with Gasteiger partial charge in [0.25, 0.3) is 0 Å². The fourth-order valence-electron chi connectivity index (χ4n) is 4.39. The largest absolute Gasteiger partial charge is 0.377 e. The SMILES string of the molecule is CC1CCCC(C)N1C(=O)CN1CCN(CC2CCCO2)CC1. The van der Waals surface area contributed by atoms with Crippen molar-refractivity contribution in [1.82, 2.24) is 14.7 Å². The third-order valence-electron chi connectivity index (χ3n) is 5.79. The van der Waals surface area contributed by atoms with E-state index < -0.39 is 0 Å². The molecule has 0 aromatic carbocycles. The molecule has 0 saturated carbocycles. The van der Waals surface area contributed by atoms with Gasteiger partial charge in [-0.25, -0.2) is 0 Å². The molecule has 0 bridgehead atoms. The van der Waals surface area contributed by atoms with Crippen LogP contribution < -0.4 is 0 Å². The zero-order chi connectivity index (χ0) is 16.2. The molecule has 1 amide bonds. The van der Waals surface area contributed by atoms with Crippen LogP contribution in [0.15, 0.2) is 0 Å². The first-order chi connectivity index (χ1) is 11.1. The van der Waals surface area contributed by atoms with Crippen LogP contribution in [0.1, 0.15) is 46.0 Å². The fraction of sp³-hybridized carbons (Fsp3) is 0.944. The van der Waals surface area contributed by atoms with Gasteiger partial charge in [-0.05, 0) is 46.0 Å². The maximum atomic E-state index is 12.7. The normalized spacial score (nSPS) is 34.0. The van der Waals surface area contributed by atoms with E-state index in [-0.39, 0.29) is 0 Å². The molecule has 23 heavy (non-hydrogen) atoms. The molecule has 0 radical (unpaired) electrons. The van der Waals surface area contributed by atoms with Gasteiger partial charge in [-0.2, -0.15) is 0 Å². The molecular weight excluding hydrogens is 290 g/mol. The van der Waals surface area contributed by atoms with Crippen molar-refractivity contribution in [2.24, 2.45) is 0 Å². The standard InChI is InChI=1S/C18H33N3O2/c1-15-5-3-6-16(2)21(15)18(22)14-20-10-8-19(9-11-20)13-17-7-4-12-23-17/h15-17H,3-14H2,1-2H3. The predicted molar refractivity (Wildman–Crippen MR) is 91.5 cm³/mol.